The van der Waals surface area contributed by atoms with Crippen molar-refractivity contribution in [2.45, 2.75) is 79.6 Å². The van der Waals surface area contributed by atoms with E-state index >= 15 is 0 Å². The monoisotopic (exact) mass is 464 g/mol. The molecule has 0 fully saturated rings. The molecule has 0 aliphatic carbocycles. The summed E-state index contributed by atoms with van der Waals surface area (Å²) in [5, 5.41) is 8.23. The Morgan fingerprint density at radius 2 is 1.42 bits per heavy atom. The van der Waals surface area contributed by atoms with Gasteiger partial charge in [-0.3, -0.25) is 15.6 Å². The van der Waals surface area contributed by atoms with Crippen LogP contribution in [0.2, 0.25) is 0 Å². The lowest BCUT2D eigenvalue weighted by Gasteiger charge is -2.22. The molecule has 1 aromatic rings. The first-order chi connectivity index (χ1) is 15.2. The Morgan fingerprint density at radius 3 is 1.88 bits per heavy atom. The molecule has 1 rings (SSSR count). The molecule has 186 valence electrons. The molecule has 0 bridgehead atoms. The Balaban J connectivity index is 2.62. The van der Waals surface area contributed by atoms with E-state index in [1.165, 1.54) is 0 Å². The van der Waals surface area contributed by atoms with Gasteiger partial charge in [0.2, 0.25) is 5.96 Å². The average molecular weight is 465 g/mol. The third-order valence-corrected chi connectivity index (χ3v) is 4.00. The molecular weight excluding hydrogens is 424 g/mol. The van der Waals surface area contributed by atoms with Crippen LogP contribution in [-0.4, -0.2) is 55.1 Å². The van der Waals surface area contributed by atoms with Gasteiger partial charge < -0.3 is 19.5 Å². The summed E-state index contributed by atoms with van der Waals surface area (Å²) in [5.41, 5.74) is 0.817. The van der Waals surface area contributed by atoms with Crippen molar-refractivity contribution in [1.29, 1.82) is 0 Å². The number of benzene rings is 1. The molecule has 0 aliphatic rings. The molecule has 9 heteroatoms. The Hall–Kier alpha value is -2.81. The molecule has 0 saturated carbocycles. The lowest BCUT2D eigenvalue weighted by atomic mass is 10.1. The maximum Gasteiger partial charge on any atom is 0.414 e. The number of rotatable bonds is 7. The number of carbonyl (C=O) groups is 2. The first-order valence-electron chi connectivity index (χ1n) is 11.1. The SMILES string of the molecule is Cc1cccc(C)c1OCC(C)NCCN=C(NC(=O)OC(C)(C)C)NC(=O)OC(C)(C)C. The highest BCUT2D eigenvalue weighted by Crippen LogP contribution is 2.22. The smallest absolute Gasteiger partial charge is 0.414 e. The van der Waals surface area contributed by atoms with E-state index in [0.29, 0.717) is 19.7 Å². The minimum Gasteiger partial charge on any atom is -0.491 e. The Morgan fingerprint density at radius 1 is 0.939 bits per heavy atom. The summed E-state index contributed by atoms with van der Waals surface area (Å²) in [6.45, 7) is 17.8. The van der Waals surface area contributed by atoms with Crippen molar-refractivity contribution in [1.82, 2.24) is 16.0 Å². The minimum atomic E-state index is -0.722. The van der Waals surface area contributed by atoms with Gasteiger partial charge in [-0.15, -0.1) is 0 Å². The lowest BCUT2D eigenvalue weighted by molar-refractivity contribution is 0.0545. The van der Waals surface area contributed by atoms with Gasteiger partial charge in [0.1, 0.15) is 23.6 Å². The fourth-order valence-corrected chi connectivity index (χ4v) is 2.68. The topological polar surface area (TPSA) is 110 Å². The molecule has 0 aromatic heterocycles. The number of amides is 2. The maximum atomic E-state index is 12.1. The van der Waals surface area contributed by atoms with E-state index < -0.39 is 23.4 Å². The fourth-order valence-electron chi connectivity index (χ4n) is 2.68. The standard InChI is InChI=1S/C24H40N4O5/c1-16-11-10-12-17(2)19(16)31-15-18(3)25-13-14-26-20(27-21(29)32-23(4,5)6)28-22(30)33-24(7,8)9/h10-12,18,25H,13-15H2,1-9H3,(H2,26,27,28,29,30). The highest BCUT2D eigenvalue weighted by Gasteiger charge is 2.21. The molecule has 0 heterocycles. The van der Waals surface area contributed by atoms with Crippen molar-refractivity contribution in [3.63, 3.8) is 0 Å². The predicted octanol–water partition coefficient (Wildman–Crippen LogP) is 4.07. The van der Waals surface area contributed by atoms with Crippen LogP contribution in [0.25, 0.3) is 0 Å². The number of guanidine groups is 1. The van der Waals surface area contributed by atoms with E-state index in [4.69, 9.17) is 14.2 Å². The number of hydrogen-bond acceptors (Lipinski definition) is 7. The van der Waals surface area contributed by atoms with Crippen LogP contribution in [0.3, 0.4) is 0 Å². The first-order valence-corrected chi connectivity index (χ1v) is 11.1. The molecular formula is C24H40N4O5. The van der Waals surface area contributed by atoms with Gasteiger partial charge in [-0.1, -0.05) is 18.2 Å². The molecule has 0 saturated heterocycles. The van der Waals surface area contributed by atoms with Crippen molar-refractivity contribution in [3.05, 3.63) is 29.3 Å². The lowest BCUT2D eigenvalue weighted by Crippen LogP contribution is -2.47. The van der Waals surface area contributed by atoms with Crippen molar-refractivity contribution in [2.24, 2.45) is 4.99 Å². The van der Waals surface area contributed by atoms with Crippen LogP contribution in [0.5, 0.6) is 5.75 Å². The number of nitrogens with zero attached hydrogens (tertiary/aromatic N) is 1. The quantitative estimate of drug-likeness (QED) is 0.319. The summed E-state index contributed by atoms with van der Waals surface area (Å²) in [4.78, 5) is 28.5. The Bertz CT molecular complexity index is 773. The van der Waals surface area contributed by atoms with E-state index in [-0.39, 0.29) is 12.0 Å². The number of hydrogen-bond donors (Lipinski definition) is 3. The van der Waals surface area contributed by atoms with Crippen molar-refractivity contribution < 1.29 is 23.8 Å². The van der Waals surface area contributed by atoms with E-state index in [1.807, 2.05) is 39.0 Å². The zero-order valence-electron chi connectivity index (χ0n) is 21.4. The van der Waals surface area contributed by atoms with Crippen molar-refractivity contribution >= 4 is 18.1 Å². The summed E-state index contributed by atoms with van der Waals surface area (Å²) in [7, 11) is 0. The minimum absolute atomic E-state index is 0.0419. The number of ether oxygens (including phenoxy) is 3. The van der Waals surface area contributed by atoms with Crippen LogP contribution in [-0.2, 0) is 9.47 Å². The second-order valence-electron chi connectivity index (χ2n) is 9.87. The van der Waals surface area contributed by atoms with E-state index in [2.05, 4.69) is 20.9 Å². The molecule has 1 aromatic carbocycles. The fraction of sp³-hybridized carbons (Fsp3) is 0.625. The van der Waals surface area contributed by atoms with Crippen molar-refractivity contribution in [3.8, 4) is 5.75 Å². The van der Waals surface area contributed by atoms with Crippen LogP contribution < -0.4 is 20.7 Å². The van der Waals surface area contributed by atoms with Gasteiger partial charge in [0.05, 0.1) is 6.54 Å². The third kappa shape index (κ3) is 12.7. The van der Waals surface area contributed by atoms with Crippen LogP contribution in [0.1, 0.15) is 59.6 Å². The summed E-state index contributed by atoms with van der Waals surface area (Å²) in [5.74, 6) is 0.856. The van der Waals surface area contributed by atoms with Gasteiger partial charge in [-0.25, -0.2) is 9.59 Å². The number of carbonyl (C=O) groups excluding carboxylic acids is 2. The Labute approximate surface area is 197 Å². The number of para-hydroxylation sites is 1. The second kappa shape index (κ2) is 12.4. The average Bonchev–Trinajstić information content (AvgIpc) is 2.61. The normalized spacial score (nSPS) is 12.4. The molecule has 1 unspecified atom stereocenters. The summed E-state index contributed by atoms with van der Waals surface area (Å²) < 4.78 is 16.4. The highest BCUT2D eigenvalue weighted by atomic mass is 16.6. The van der Waals surface area contributed by atoms with Gasteiger partial charge in [-0.05, 0) is 73.4 Å². The molecule has 0 spiro atoms. The predicted molar refractivity (Wildman–Crippen MR) is 130 cm³/mol. The first kappa shape index (κ1) is 28.2. The van der Waals surface area contributed by atoms with E-state index in [9.17, 15) is 9.59 Å². The van der Waals surface area contributed by atoms with Crippen LogP contribution in [0.4, 0.5) is 9.59 Å². The van der Waals surface area contributed by atoms with Gasteiger partial charge >= 0.3 is 12.2 Å². The third-order valence-electron chi connectivity index (χ3n) is 4.00. The van der Waals surface area contributed by atoms with Gasteiger partial charge in [0.25, 0.3) is 0 Å². The van der Waals surface area contributed by atoms with Gasteiger partial charge in [0.15, 0.2) is 0 Å². The second-order valence-corrected chi connectivity index (χ2v) is 9.87. The summed E-state index contributed by atoms with van der Waals surface area (Å²) >= 11 is 0. The number of aryl methyl sites for hydroxylation is 2. The van der Waals surface area contributed by atoms with Crippen molar-refractivity contribution in [2.75, 3.05) is 19.7 Å². The number of nitrogens with one attached hydrogen (secondary N) is 3. The number of alkyl carbamates (subject to hydrolysis) is 2. The molecule has 0 aliphatic heterocycles. The summed E-state index contributed by atoms with van der Waals surface area (Å²) in [6.07, 6.45) is -1.44. The molecule has 2 amide bonds. The molecule has 9 nitrogen and oxygen atoms in total. The Kier molecular flexibility index (Phi) is 10.6. The highest BCUT2D eigenvalue weighted by molar-refractivity contribution is 6.01. The van der Waals surface area contributed by atoms with E-state index in [1.54, 1.807) is 41.5 Å². The molecule has 3 N–H and O–H groups in total. The molecule has 33 heavy (non-hydrogen) atoms. The van der Waals surface area contributed by atoms with E-state index in [0.717, 1.165) is 16.9 Å². The van der Waals surface area contributed by atoms with Crippen LogP contribution in [0.15, 0.2) is 23.2 Å². The van der Waals surface area contributed by atoms with Gasteiger partial charge in [-0.2, -0.15) is 0 Å². The molecule has 0 radical (unpaired) electrons. The zero-order valence-corrected chi connectivity index (χ0v) is 21.4. The summed E-state index contributed by atoms with van der Waals surface area (Å²) in [6, 6.07) is 6.11. The maximum absolute atomic E-state index is 12.1. The number of aliphatic imine (C=N–C) groups is 1. The van der Waals surface area contributed by atoms with Crippen LogP contribution in [0, 0.1) is 13.8 Å². The zero-order chi connectivity index (χ0) is 25.2. The largest absolute Gasteiger partial charge is 0.491 e. The molecule has 1 atom stereocenters. The van der Waals surface area contributed by atoms with Gasteiger partial charge in [0, 0.05) is 12.6 Å². The van der Waals surface area contributed by atoms with Crippen LogP contribution >= 0.6 is 0 Å².